The minimum Gasteiger partial charge on any atom is -0.480 e. The number of aliphatic carboxylic acids is 1. The highest BCUT2D eigenvalue weighted by molar-refractivity contribution is 6.06. The summed E-state index contributed by atoms with van der Waals surface area (Å²) in [7, 11) is 0. The second kappa shape index (κ2) is 21.0. The standard InChI is InChI=1S/C32H52N10O7.ClH/c1-16(2)8-20(11-33)40-29(45)25-27(38-15-36-25)30(46)41-21(9-17(3)4)23(43)13-34-12-19(7)39-28(44)24-26(37-14-35-24)31(47)42-22(32(48)49)10-18(5)6;/h14-22,34H,8-13,33H2,1-7H3,(H,35,37)(H,36,38)(H,39,44)(H,40,45)(H,41,46)(H,42,47)(H,48,49);1H/p+1/t19-,20-,21-,22-;/m0./s1. The Morgan fingerprint density at radius 3 is 1.62 bits per heavy atom. The third kappa shape index (κ3) is 13.9. The Bertz CT molecular complexity index is 1440. The van der Waals surface area contributed by atoms with Crippen molar-refractivity contribution in [2.45, 2.75) is 91.9 Å². The van der Waals surface area contributed by atoms with E-state index < -0.39 is 47.7 Å². The lowest BCUT2D eigenvalue weighted by molar-refractivity contribution is -0.373. The first-order chi connectivity index (χ1) is 23.0. The Kier molecular flexibility index (Phi) is 18.3. The normalized spacial score (nSPS) is 13.6. The van der Waals surface area contributed by atoms with Crippen LogP contribution in [0.15, 0.2) is 12.7 Å². The van der Waals surface area contributed by atoms with Crippen molar-refractivity contribution < 1.29 is 39.6 Å². The first kappa shape index (κ1) is 43.7. The summed E-state index contributed by atoms with van der Waals surface area (Å²) in [6.45, 7) is 13.7. The number of Topliss-reactive ketones (excluding diaryl/α,β-unsaturated/α-hetero) is 1. The molecule has 0 bridgehead atoms. The molecule has 17 nitrogen and oxygen atoms in total. The zero-order valence-corrected chi connectivity index (χ0v) is 30.7. The summed E-state index contributed by atoms with van der Waals surface area (Å²) in [6, 6.07) is -2.69. The molecule has 0 aliphatic rings. The van der Waals surface area contributed by atoms with Gasteiger partial charge in [0.25, 0.3) is 23.6 Å². The number of amides is 4. The molecule has 0 aliphatic carbocycles. The molecule has 0 aliphatic heterocycles. The van der Waals surface area contributed by atoms with E-state index in [4.69, 9.17) is 0 Å². The monoisotopic (exact) mass is 725 g/mol. The number of rotatable bonds is 21. The van der Waals surface area contributed by atoms with Crippen LogP contribution in [-0.4, -0.2) is 104 Å². The van der Waals surface area contributed by atoms with Crippen LogP contribution in [0, 0.1) is 17.8 Å². The number of imidazole rings is 2. The summed E-state index contributed by atoms with van der Waals surface area (Å²) < 4.78 is 0. The predicted molar refractivity (Wildman–Crippen MR) is 187 cm³/mol. The van der Waals surface area contributed by atoms with Gasteiger partial charge in [-0.25, -0.2) is 14.8 Å². The van der Waals surface area contributed by atoms with Gasteiger partial charge in [0.15, 0.2) is 17.2 Å². The molecule has 4 atom stereocenters. The highest BCUT2D eigenvalue weighted by atomic mass is 35.5. The minimum atomic E-state index is -1.19. The summed E-state index contributed by atoms with van der Waals surface area (Å²) in [5, 5.41) is 23.2. The molecule has 11 N–H and O–H groups in total. The van der Waals surface area contributed by atoms with Crippen molar-refractivity contribution in [2.75, 3.05) is 19.6 Å². The number of nitrogens with one attached hydrogen (secondary N) is 7. The molecule has 0 saturated carbocycles. The molecule has 280 valence electrons. The number of nitrogens with zero attached hydrogens (tertiary/aromatic N) is 2. The van der Waals surface area contributed by atoms with E-state index >= 15 is 0 Å². The smallest absolute Gasteiger partial charge is 0.326 e. The van der Waals surface area contributed by atoms with Crippen LogP contribution in [0.2, 0.25) is 0 Å². The van der Waals surface area contributed by atoms with E-state index in [1.165, 1.54) is 6.33 Å². The third-order valence-electron chi connectivity index (χ3n) is 7.44. The SMILES string of the molecule is CC(C)C[C@@H](C[NH3+])NC(=O)c1nc[nH]c1C(=O)N[C@@H](CC(C)C)C(=O)CNC[C@H](C)NC(=O)c1nc[nH]c1C(=O)N[C@@H](CC(C)C)C(=O)O.Cl. The molecule has 2 aromatic heterocycles. The Morgan fingerprint density at radius 1 is 0.700 bits per heavy atom. The van der Waals surface area contributed by atoms with Gasteiger partial charge in [-0.1, -0.05) is 41.5 Å². The van der Waals surface area contributed by atoms with Crippen LogP contribution in [0.25, 0.3) is 0 Å². The van der Waals surface area contributed by atoms with Crippen molar-refractivity contribution in [3.8, 4) is 0 Å². The number of carbonyl (C=O) groups is 6. The van der Waals surface area contributed by atoms with Crippen LogP contribution in [0.5, 0.6) is 0 Å². The van der Waals surface area contributed by atoms with Gasteiger partial charge in [0, 0.05) is 12.6 Å². The van der Waals surface area contributed by atoms with Crippen molar-refractivity contribution in [2.24, 2.45) is 17.8 Å². The molecule has 2 aromatic rings. The summed E-state index contributed by atoms with van der Waals surface area (Å²) in [5.41, 5.74) is 3.37. The van der Waals surface area contributed by atoms with Crippen molar-refractivity contribution in [3.05, 3.63) is 35.4 Å². The number of carboxylic acids is 1. The zero-order valence-electron chi connectivity index (χ0n) is 29.8. The Morgan fingerprint density at radius 2 is 1.16 bits per heavy atom. The number of aromatic amines is 2. The van der Waals surface area contributed by atoms with Gasteiger partial charge >= 0.3 is 5.97 Å². The topological polar surface area (TPSA) is 268 Å². The van der Waals surface area contributed by atoms with Gasteiger partial charge in [0.1, 0.15) is 17.4 Å². The van der Waals surface area contributed by atoms with Crippen molar-refractivity contribution >= 4 is 47.8 Å². The molecule has 0 fully saturated rings. The molecule has 50 heavy (non-hydrogen) atoms. The maximum Gasteiger partial charge on any atom is 0.326 e. The van der Waals surface area contributed by atoms with E-state index in [-0.39, 0.29) is 78.4 Å². The molecule has 0 saturated heterocycles. The number of H-pyrrole nitrogens is 2. The van der Waals surface area contributed by atoms with Crippen molar-refractivity contribution in [1.29, 1.82) is 0 Å². The van der Waals surface area contributed by atoms with Gasteiger partial charge in [-0.3, -0.25) is 24.0 Å². The van der Waals surface area contributed by atoms with Crippen LogP contribution in [0.3, 0.4) is 0 Å². The Balaban J connectivity index is 0.0000125. The molecule has 0 unspecified atom stereocenters. The summed E-state index contributed by atoms with van der Waals surface area (Å²) in [5.74, 6) is -3.69. The lowest BCUT2D eigenvalue weighted by atomic mass is 9.99. The molecular weight excluding hydrogens is 672 g/mol. The highest BCUT2D eigenvalue weighted by Gasteiger charge is 2.29. The van der Waals surface area contributed by atoms with Gasteiger partial charge in [0.05, 0.1) is 37.8 Å². The fourth-order valence-electron chi connectivity index (χ4n) is 5.13. The highest BCUT2D eigenvalue weighted by Crippen LogP contribution is 2.11. The third-order valence-corrected chi connectivity index (χ3v) is 7.44. The summed E-state index contributed by atoms with van der Waals surface area (Å²) in [6.07, 6.45) is 3.68. The quantitative estimate of drug-likeness (QED) is 0.0849. The average Bonchev–Trinajstić information content (AvgIpc) is 3.70. The summed E-state index contributed by atoms with van der Waals surface area (Å²) in [4.78, 5) is 89.9. The Labute approximate surface area is 298 Å². The number of ketones is 1. The number of hydrogen-bond donors (Lipinski definition) is 9. The van der Waals surface area contributed by atoms with Crippen LogP contribution in [-0.2, 0) is 9.59 Å². The van der Waals surface area contributed by atoms with E-state index in [0.29, 0.717) is 18.9 Å². The van der Waals surface area contributed by atoms with Crippen molar-refractivity contribution in [3.63, 3.8) is 0 Å². The zero-order chi connectivity index (χ0) is 36.8. The van der Waals surface area contributed by atoms with Gasteiger partial charge < -0.3 is 47.4 Å². The number of halogens is 1. The fourth-order valence-corrected chi connectivity index (χ4v) is 5.13. The van der Waals surface area contributed by atoms with Gasteiger partial charge in [-0.15, -0.1) is 12.4 Å². The van der Waals surface area contributed by atoms with Crippen molar-refractivity contribution in [1.82, 2.24) is 46.5 Å². The molecule has 0 spiro atoms. The molecule has 2 rings (SSSR count). The van der Waals surface area contributed by atoms with Gasteiger partial charge in [0.2, 0.25) is 0 Å². The fraction of sp³-hybridized carbons (Fsp3) is 0.625. The average molecular weight is 726 g/mol. The van der Waals surface area contributed by atoms with E-state index in [2.05, 4.69) is 52.3 Å². The molecule has 4 amide bonds. The molecule has 0 aromatic carbocycles. The maximum absolute atomic E-state index is 13.2. The Hall–Kier alpha value is -4.35. The van der Waals surface area contributed by atoms with E-state index in [0.717, 1.165) is 12.7 Å². The van der Waals surface area contributed by atoms with Crippen LogP contribution in [0.4, 0.5) is 0 Å². The second-order valence-corrected chi connectivity index (χ2v) is 13.5. The van der Waals surface area contributed by atoms with E-state index in [1.54, 1.807) is 6.92 Å². The predicted octanol–water partition coefficient (Wildman–Crippen LogP) is 0.292. The van der Waals surface area contributed by atoms with Gasteiger partial charge in [-0.05, 0) is 43.9 Å². The maximum atomic E-state index is 13.2. The number of aromatic nitrogens is 4. The van der Waals surface area contributed by atoms with Crippen LogP contribution in [0.1, 0.15) is 110 Å². The summed E-state index contributed by atoms with van der Waals surface area (Å²) >= 11 is 0. The molecular formula is C32H54ClN10O7+. The number of carbonyl (C=O) groups excluding carboxylic acids is 5. The molecule has 18 heteroatoms. The molecule has 0 radical (unpaired) electrons. The van der Waals surface area contributed by atoms with E-state index in [9.17, 15) is 33.9 Å². The number of hydrogen-bond acceptors (Lipinski definition) is 9. The lowest BCUT2D eigenvalue weighted by Gasteiger charge is -2.21. The first-order valence-electron chi connectivity index (χ1n) is 16.6. The number of quaternary nitrogens is 1. The molecule has 2 heterocycles. The van der Waals surface area contributed by atoms with Crippen LogP contribution < -0.4 is 32.3 Å². The first-order valence-corrected chi connectivity index (χ1v) is 16.6. The largest absolute Gasteiger partial charge is 0.480 e. The minimum absolute atomic E-state index is 0. The van der Waals surface area contributed by atoms with Crippen LogP contribution >= 0.6 is 12.4 Å². The van der Waals surface area contributed by atoms with Gasteiger partial charge in [-0.2, -0.15) is 0 Å². The lowest BCUT2D eigenvalue weighted by Crippen LogP contribution is -2.60. The van der Waals surface area contributed by atoms with E-state index in [1.807, 2.05) is 41.5 Å². The number of carboxylic acid groups (broad SMARTS) is 1. The second-order valence-electron chi connectivity index (χ2n) is 13.5.